The zero-order chi connectivity index (χ0) is 53.6. The molecule has 0 saturated carbocycles. The molecule has 0 aromatic rings. The quantitative estimate of drug-likeness (QED) is 0.0343. The number of rotatable bonds is 64. The van der Waals surface area contributed by atoms with Gasteiger partial charge in [-0.15, -0.1) is 0 Å². The predicted octanol–water partition coefficient (Wildman–Crippen LogP) is 23.1. The van der Waals surface area contributed by atoms with Crippen molar-refractivity contribution in [2.75, 3.05) is 13.2 Å². The van der Waals surface area contributed by atoms with E-state index in [-0.39, 0.29) is 31.1 Å². The Morgan fingerprint density at radius 3 is 0.541 bits per heavy atom. The van der Waals surface area contributed by atoms with Crippen molar-refractivity contribution in [1.82, 2.24) is 0 Å². The third-order valence-electron chi connectivity index (χ3n) is 15.9. The topological polar surface area (TPSA) is 78.9 Å². The molecule has 0 aromatic carbocycles. The minimum atomic E-state index is -0.762. The Morgan fingerprint density at radius 1 is 0.216 bits per heavy atom. The van der Waals surface area contributed by atoms with E-state index in [9.17, 15) is 14.4 Å². The Hall–Kier alpha value is -1.59. The second-order valence-electron chi connectivity index (χ2n) is 23.5. The average molecular weight is 1050 g/mol. The fourth-order valence-electron chi connectivity index (χ4n) is 10.7. The first-order chi connectivity index (χ1) is 36.5. The molecule has 0 fully saturated rings. The summed E-state index contributed by atoms with van der Waals surface area (Å²) in [6, 6.07) is 0. The van der Waals surface area contributed by atoms with E-state index in [1.165, 1.54) is 302 Å². The molecule has 0 heterocycles. The van der Waals surface area contributed by atoms with Crippen molar-refractivity contribution in [1.29, 1.82) is 0 Å². The zero-order valence-corrected chi connectivity index (χ0v) is 50.7. The summed E-state index contributed by atoms with van der Waals surface area (Å²) in [5, 5.41) is 0. The molecule has 1 unspecified atom stereocenters. The molecule has 74 heavy (non-hydrogen) atoms. The molecular formula is C68H132O6. The van der Waals surface area contributed by atoms with E-state index in [4.69, 9.17) is 14.2 Å². The molecule has 440 valence electrons. The van der Waals surface area contributed by atoms with Crippen molar-refractivity contribution >= 4 is 17.9 Å². The van der Waals surface area contributed by atoms with Gasteiger partial charge in [0.15, 0.2) is 6.10 Å². The lowest BCUT2D eigenvalue weighted by Gasteiger charge is -2.18. The molecule has 0 spiro atoms. The largest absolute Gasteiger partial charge is 0.462 e. The maximum Gasteiger partial charge on any atom is 0.306 e. The summed E-state index contributed by atoms with van der Waals surface area (Å²) < 4.78 is 16.9. The van der Waals surface area contributed by atoms with Crippen molar-refractivity contribution in [2.24, 2.45) is 0 Å². The van der Waals surface area contributed by atoms with Crippen LogP contribution in [0.4, 0.5) is 0 Å². The summed E-state index contributed by atoms with van der Waals surface area (Å²) in [7, 11) is 0. The Morgan fingerprint density at radius 2 is 0.365 bits per heavy atom. The van der Waals surface area contributed by atoms with E-state index >= 15 is 0 Å². The van der Waals surface area contributed by atoms with E-state index in [1.807, 2.05) is 0 Å². The van der Waals surface area contributed by atoms with Gasteiger partial charge < -0.3 is 14.2 Å². The maximum absolute atomic E-state index is 12.9. The van der Waals surface area contributed by atoms with Crippen LogP contribution in [-0.2, 0) is 28.6 Å². The van der Waals surface area contributed by atoms with Crippen molar-refractivity contribution < 1.29 is 28.6 Å². The molecular weight excluding hydrogens is 913 g/mol. The van der Waals surface area contributed by atoms with Gasteiger partial charge in [0.05, 0.1) is 0 Å². The minimum Gasteiger partial charge on any atom is -0.462 e. The number of unbranched alkanes of at least 4 members (excludes halogenated alkanes) is 53. The summed E-state index contributed by atoms with van der Waals surface area (Å²) in [6.45, 7) is 6.70. The van der Waals surface area contributed by atoms with Crippen LogP contribution in [0.2, 0.25) is 0 Å². The molecule has 0 amide bonds. The number of carbonyl (C=O) groups excluding carboxylic acids is 3. The highest BCUT2D eigenvalue weighted by Gasteiger charge is 2.19. The van der Waals surface area contributed by atoms with Crippen LogP contribution in [0, 0.1) is 0 Å². The van der Waals surface area contributed by atoms with Gasteiger partial charge in [0.25, 0.3) is 0 Å². The van der Waals surface area contributed by atoms with Crippen LogP contribution in [0.5, 0.6) is 0 Å². The fraction of sp³-hybridized carbons (Fsp3) is 0.956. The van der Waals surface area contributed by atoms with Gasteiger partial charge >= 0.3 is 17.9 Å². The summed E-state index contributed by atoms with van der Waals surface area (Å²) in [4.78, 5) is 38.2. The van der Waals surface area contributed by atoms with E-state index in [0.29, 0.717) is 19.3 Å². The van der Waals surface area contributed by atoms with E-state index < -0.39 is 6.10 Å². The van der Waals surface area contributed by atoms with Gasteiger partial charge in [0.2, 0.25) is 0 Å². The van der Waals surface area contributed by atoms with Gasteiger partial charge in [-0.25, -0.2) is 0 Å². The Bertz CT molecular complexity index is 1110. The molecule has 0 N–H and O–H groups in total. The van der Waals surface area contributed by atoms with Crippen LogP contribution in [0.3, 0.4) is 0 Å². The molecule has 0 rings (SSSR count). The molecule has 0 aliphatic carbocycles. The fourth-order valence-corrected chi connectivity index (χ4v) is 10.7. The molecule has 0 aliphatic heterocycles. The van der Waals surface area contributed by atoms with E-state index in [0.717, 1.165) is 57.8 Å². The lowest BCUT2D eigenvalue weighted by Crippen LogP contribution is -2.30. The molecule has 0 saturated heterocycles. The molecule has 0 aliphatic rings. The van der Waals surface area contributed by atoms with Gasteiger partial charge in [-0.1, -0.05) is 361 Å². The Kier molecular flexibility index (Phi) is 62.6. The zero-order valence-electron chi connectivity index (χ0n) is 50.7. The summed E-state index contributed by atoms with van der Waals surface area (Å²) in [6.07, 6.45) is 74.4. The van der Waals surface area contributed by atoms with Gasteiger partial charge in [-0.05, 0) is 19.3 Å². The number of hydrogen-bond donors (Lipinski definition) is 0. The highest BCUT2D eigenvalue weighted by Crippen LogP contribution is 2.19. The summed E-state index contributed by atoms with van der Waals surface area (Å²) in [5.41, 5.74) is 0. The minimum absolute atomic E-state index is 0.0611. The van der Waals surface area contributed by atoms with Gasteiger partial charge in [-0.3, -0.25) is 14.4 Å². The van der Waals surface area contributed by atoms with Crippen molar-refractivity contribution in [3.8, 4) is 0 Å². The molecule has 0 bridgehead atoms. The monoisotopic (exact) mass is 1050 g/mol. The summed E-state index contributed by atoms with van der Waals surface area (Å²) in [5.74, 6) is -0.831. The predicted molar refractivity (Wildman–Crippen MR) is 321 cm³/mol. The number of ether oxygens (including phenoxy) is 3. The average Bonchev–Trinajstić information content (AvgIpc) is 3.40. The first kappa shape index (κ1) is 72.4. The van der Waals surface area contributed by atoms with Crippen LogP contribution < -0.4 is 0 Å². The SMILES string of the molecule is CCCCCCCCCCCCCCCCCCCCCCCCCCC(=O)OCC(COC(=O)CCCCCCCCCC)OC(=O)CCCCCCCCCCCCCCCCCCCCCCCCCC. The molecule has 1 atom stereocenters. The number of carbonyl (C=O) groups is 3. The molecule has 6 heteroatoms. The highest BCUT2D eigenvalue weighted by atomic mass is 16.6. The van der Waals surface area contributed by atoms with Crippen LogP contribution in [0.1, 0.15) is 400 Å². The molecule has 0 radical (unpaired) electrons. The number of esters is 3. The first-order valence-corrected chi connectivity index (χ1v) is 34.0. The maximum atomic E-state index is 12.9. The first-order valence-electron chi connectivity index (χ1n) is 34.0. The number of hydrogen-bond acceptors (Lipinski definition) is 6. The van der Waals surface area contributed by atoms with Crippen LogP contribution in [0.15, 0.2) is 0 Å². The third-order valence-corrected chi connectivity index (χ3v) is 15.9. The molecule has 6 nitrogen and oxygen atoms in total. The Balaban J connectivity index is 4.06. The third kappa shape index (κ3) is 61.3. The lowest BCUT2D eigenvalue weighted by molar-refractivity contribution is -0.167. The molecule has 0 aromatic heterocycles. The van der Waals surface area contributed by atoms with E-state index in [1.54, 1.807) is 0 Å². The van der Waals surface area contributed by atoms with Gasteiger partial charge in [0.1, 0.15) is 13.2 Å². The van der Waals surface area contributed by atoms with Gasteiger partial charge in [-0.2, -0.15) is 0 Å². The standard InChI is InChI=1S/C68H132O6/c1-4-7-10-13-16-19-21-23-25-27-29-31-33-35-37-39-41-43-45-47-49-52-55-58-61-67(70)73-64-65(63-72-66(69)60-57-54-51-18-15-12-9-6-3)74-68(71)62-59-56-53-50-48-46-44-42-40-38-36-34-32-30-28-26-24-22-20-17-14-11-8-5-2/h65H,4-64H2,1-3H3. The van der Waals surface area contributed by atoms with Gasteiger partial charge in [0, 0.05) is 19.3 Å². The second-order valence-corrected chi connectivity index (χ2v) is 23.5. The summed E-state index contributed by atoms with van der Waals surface area (Å²) >= 11 is 0. The second kappa shape index (κ2) is 63.9. The highest BCUT2D eigenvalue weighted by molar-refractivity contribution is 5.71. The normalized spacial score (nSPS) is 11.9. The van der Waals surface area contributed by atoms with Crippen LogP contribution >= 0.6 is 0 Å². The Labute approximate surface area is 463 Å². The van der Waals surface area contributed by atoms with Crippen molar-refractivity contribution in [2.45, 2.75) is 406 Å². The van der Waals surface area contributed by atoms with E-state index in [2.05, 4.69) is 20.8 Å². The lowest BCUT2D eigenvalue weighted by atomic mass is 10.0. The van der Waals surface area contributed by atoms with Crippen LogP contribution in [0.25, 0.3) is 0 Å². The van der Waals surface area contributed by atoms with Crippen LogP contribution in [-0.4, -0.2) is 37.2 Å². The smallest absolute Gasteiger partial charge is 0.306 e. The van der Waals surface area contributed by atoms with Crippen molar-refractivity contribution in [3.63, 3.8) is 0 Å². The van der Waals surface area contributed by atoms with Crippen molar-refractivity contribution in [3.05, 3.63) is 0 Å².